The minimum Gasteiger partial charge on any atom is -0.302 e. The molecule has 0 bridgehead atoms. The van der Waals surface area contributed by atoms with Gasteiger partial charge < -0.3 is 4.90 Å². The number of fused-ring (bicyclic) bond motifs is 2. The quantitative estimate of drug-likeness (QED) is 0.528. The molecule has 8 heteroatoms. The van der Waals surface area contributed by atoms with Gasteiger partial charge in [0.1, 0.15) is 5.69 Å². The van der Waals surface area contributed by atoms with Gasteiger partial charge in [0.2, 0.25) is 0 Å². The van der Waals surface area contributed by atoms with E-state index >= 15 is 4.39 Å². The van der Waals surface area contributed by atoms with Crippen molar-refractivity contribution in [2.75, 3.05) is 13.6 Å². The lowest BCUT2D eigenvalue weighted by Crippen LogP contribution is -2.37. The molecule has 2 aromatic heterocycles. The summed E-state index contributed by atoms with van der Waals surface area (Å²) in [6.45, 7) is 1.21. The van der Waals surface area contributed by atoms with Crippen molar-refractivity contribution in [3.05, 3.63) is 74.3 Å². The molecule has 1 aliphatic rings. The van der Waals surface area contributed by atoms with Gasteiger partial charge in [-0.1, -0.05) is 41.9 Å². The lowest BCUT2D eigenvalue weighted by atomic mass is 10.0. The summed E-state index contributed by atoms with van der Waals surface area (Å²) in [5, 5.41) is 2.05. The number of H-pyrrole nitrogens is 1. The molecule has 0 saturated carbocycles. The second-order valence-electron chi connectivity index (χ2n) is 7.97. The number of halogens is 2. The molecule has 0 aliphatic carbocycles. The van der Waals surface area contributed by atoms with Gasteiger partial charge >= 0.3 is 5.69 Å². The summed E-state index contributed by atoms with van der Waals surface area (Å²) in [4.78, 5) is 33.8. The Kier molecular flexibility index (Phi) is 4.87. The van der Waals surface area contributed by atoms with E-state index in [1.54, 1.807) is 18.2 Å². The summed E-state index contributed by atoms with van der Waals surface area (Å²) < 4.78 is 17.3. The number of aromatic nitrogens is 3. The molecule has 31 heavy (non-hydrogen) atoms. The summed E-state index contributed by atoms with van der Waals surface area (Å²) >= 11 is 6.43. The van der Waals surface area contributed by atoms with Crippen molar-refractivity contribution >= 4 is 33.3 Å². The predicted molar refractivity (Wildman–Crippen MR) is 120 cm³/mol. The number of benzene rings is 2. The van der Waals surface area contributed by atoms with Crippen molar-refractivity contribution in [3.63, 3.8) is 0 Å². The zero-order valence-corrected chi connectivity index (χ0v) is 17.6. The van der Waals surface area contributed by atoms with Gasteiger partial charge in [-0.05, 0) is 37.9 Å². The van der Waals surface area contributed by atoms with E-state index in [0.29, 0.717) is 22.5 Å². The van der Waals surface area contributed by atoms with Crippen LogP contribution in [-0.2, 0) is 6.54 Å². The summed E-state index contributed by atoms with van der Waals surface area (Å²) in [5.74, 6) is -0.700. The van der Waals surface area contributed by atoms with Gasteiger partial charge in [0.05, 0.1) is 10.9 Å². The Morgan fingerprint density at radius 3 is 2.74 bits per heavy atom. The fourth-order valence-electron chi connectivity index (χ4n) is 4.52. The Morgan fingerprint density at radius 1 is 1.23 bits per heavy atom. The Labute approximate surface area is 181 Å². The van der Waals surface area contributed by atoms with Crippen molar-refractivity contribution in [2.45, 2.75) is 25.4 Å². The van der Waals surface area contributed by atoms with E-state index < -0.39 is 17.1 Å². The van der Waals surface area contributed by atoms with Crippen LogP contribution in [0.15, 0.2) is 52.2 Å². The molecule has 0 spiro atoms. The number of hydrogen-bond acceptors (Lipinski definition) is 4. The summed E-state index contributed by atoms with van der Waals surface area (Å²) in [7, 11) is 1.98. The van der Waals surface area contributed by atoms with Gasteiger partial charge in [-0.15, -0.1) is 0 Å². The minimum atomic E-state index is -0.700. The molecule has 158 valence electrons. The van der Waals surface area contributed by atoms with Gasteiger partial charge in [-0.2, -0.15) is 0 Å². The predicted octanol–water partition coefficient (Wildman–Crippen LogP) is 3.79. The number of likely N-dealkylation sites (tertiary alicyclic amines) is 1. The molecule has 4 aromatic rings. The van der Waals surface area contributed by atoms with E-state index in [1.807, 2.05) is 25.2 Å². The van der Waals surface area contributed by atoms with E-state index in [0.717, 1.165) is 24.8 Å². The van der Waals surface area contributed by atoms with E-state index in [2.05, 4.69) is 14.9 Å². The van der Waals surface area contributed by atoms with Crippen molar-refractivity contribution in [1.82, 2.24) is 19.4 Å². The molecule has 5 rings (SSSR count). The van der Waals surface area contributed by atoms with Gasteiger partial charge in [0.25, 0.3) is 5.56 Å². The van der Waals surface area contributed by atoms with Crippen LogP contribution in [0.25, 0.3) is 32.9 Å². The third-order valence-electron chi connectivity index (χ3n) is 6.15. The first-order valence-corrected chi connectivity index (χ1v) is 10.5. The zero-order chi connectivity index (χ0) is 21.7. The number of rotatable bonds is 3. The van der Waals surface area contributed by atoms with Crippen LogP contribution >= 0.6 is 11.6 Å². The molecule has 1 saturated heterocycles. The minimum absolute atomic E-state index is 0.0249. The molecule has 2 aromatic carbocycles. The average Bonchev–Trinajstić information content (AvgIpc) is 3.15. The largest absolute Gasteiger partial charge is 0.328 e. The first-order chi connectivity index (χ1) is 15.0. The van der Waals surface area contributed by atoms with Crippen molar-refractivity contribution in [2.24, 2.45) is 0 Å². The highest BCUT2D eigenvalue weighted by atomic mass is 35.5. The Bertz CT molecular complexity index is 1440. The maximum atomic E-state index is 16.0. The highest BCUT2D eigenvalue weighted by molar-refractivity contribution is 6.36. The normalized spacial score (nSPS) is 17.1. The molecule has 0 unspecified atom stereocenters. The van der Waals surface area contributed by atoms with Crippen molar-refractivity contribution in [3.8, 4) is 11.3 Å². The number of aromatic amines is 1. The molecule has 1 N–H and O–H groups in total. The molecule has 3 heterocycles. The fourth-order valence-corrected chi connectivity index (χ4v) is 4.80. The standard InChI is InChI=1S/C23H20ClFN4O2/c1-28-10-4-7-14(28)12-29-21-16(22(30)27-23(29)31)11-26-20(19(21)25)15-8-2-5-13-6-3-9-17(24)18(13)15/h2-3,5-6,8-9,11,14H,4,7,10,12H2,1H3,(H,27,30,31)/t14-/m0/s1. The molecular formula is C23H20ClFN4O2. The van der Waals surface area contributed by atoms with Crippen molar-refractivity contribution in [1.29, 1.82) is 0 Å². The van der Waals surface area contributed by atoms with Crippen molar-refractivity contribution < 1.29 is 4.39 Å². The molecule has 1 fully saturated rings. The Balaban J connectivity index is 1.80. The Morgan fingerprint density at radius 2 is 2.00 bits per heavy atom. The van der Waals surface area contributed by atoms with Crippen LogP contribution < -0.4 is 11.2 Å². The lowest BCUT2D eigenvalue weighted by molar-refractivity contribution is 0.281. The smallest absolute Gasteiger partial charge is 0.302 e. The monoisotopic (exact) mass is 438 g/mol. The van der Waals surface area contributed by atoms with E-state index in [1.165, 1.54) is 10.8 Å². The van der Waals surface area contributed by atoms with Crippen LogP contribution in [0.2, 0.25) is 5.02 Å². The van der Waals surface area contributed by atoms with Crippen LogP contribution in [0, 0.1) is 5.82 Å². The van der Waals surface area contributed by atoms with E-state index in [-0.39, 0.29) is 22.6 Å². The number of nitrogens with zero attached hydrogens (tertiary/aromatic N) is 3. The highest BCUT2D eigenvalue weighted by Gasteiger charge is 2.25. The van der Waals surface area contributed by atoms with Crippen LogP contribution in [-0.4, -0.2) is 39.1 Å². The number of pyridine rings is 1. The van der Waals surface area contributed by atoms with Crippen LogP contribution in [0.1, 0.15) is 12.8 Å². The maximum absolute atomic E-state index is 16.0. The summed E-state index contributed by atoms with van der Waals surface area (Å²) in [6.07, 6.45) is 3.25. The zero-order valence-electron chi connectivity index (χ0n) is 16.9. The summed E-state index contributed by atoms with van der Waals surface area (Å²) in [5.41, 5.74) is -0.720. The first-order valence-electron chi connectivity index (χ1n) is 10.1. The molecular weight excluding hydrogens is 419 g/mol. The maximum Gasteiger partial charge on any atom is 0.328 e. The van der Waals surface area contributed by atoms with Gasteiger partial charge in [-0.3, -0.25) is 19.3 Å². The van der Waals surface area contributed by atoms with E-state index in [9.17, 15) is 9.59 Å². The number of likely N-dealkylation sites (N-methyl/N-ethyl adjacent to an activating group) is 1. The van der Waals surface area contributed by atoms with Gasteiger partial charge in [0.15, 0.2) is 5.82 Å². The third-order valence-corrected chi connectivity index (χ3v) is 6.46. The molecule has 1 atom stereocenters. The van der Waals surface area contributed by atoms with Gasteiger partial charge in [-0.25, -0.2) is 9.18 Å². The van der Waals surface area contributed by atoms with Crippen LogP contribution in [0.3, 0.4) is 0 Å². The second kappa shape index (κ2) is 7.59. The number of hydrogen-bond donors (Lipinski definition) is 1. The van der Waals surface area contributed by atoms with Crippen LogP contribution in [0.5, 0.6) is 0 Å². The number of nitrogens with one attached hydrogen (secondary N) is 1. The average molecular weight is 439 g/mol. The molecule has 0 amide bonds. The second-order valence-corrected chi connectivity index (χ2v) is 8.38. The molecule has 0 radical (unpaired) electrons. The first kappa shape index (κ1) is 19.9. The molecule has 1 aliphatic heterocycles. The fraction of sp³-hybridized carbons (Fsp3) is 0.261. The highest BCUT2D eigenvalue weighted by Crippen LogP contribution is 2.35. The molecule has 6 nitrogen and oxygen atoms in total. The Hall–Kier alpha value is -3.03. The lowest BCUT2D eigenvalue weighted by Gasteiger charge is -2.21. The SMILES string of the molecule is CN1CCC[C@H]1Cn1c(=O)[nH]c(=O)c2cnc(-c3cccc4cccc(Cl)c34)c(F)c21. The van der Waals surface area contributed by atoms with Gasteiger partial charge in [0, 0.05) is 34.8 Å². The van der Waals surface area contributed by atoms with E-state index in [4.69, 9.17) is 11.6 Å². The van der Waals surface area contributed by atoms with Crippen LogP contribution in [0.4, 0.5) is 4.39 Å². The third kappa shape index (κ3) is 3.25. The summed E-state index contributed by atoms with van der Waals surface area (Å²) in [6, 6.07) is 11.0. The topological polar surface area (TPSA) is 71.0 Å².